The maximum absolute atomic E-state index is 4.47. The van der Waals surface area contributed by atoms with Crippen LogP contribution in [0.25, 0.3) is 0 Å². The number of piperidine rings is 1. The van der Waals surface area contributed by atoms with Gasteiger partial charge in [-0.25, -0.2) is 0 Å². The molecule has 0 aliphatic carbocycles. The van der Waals surface area contributed by atoms with Crippen LogP contribution < -0.4 is 5.32 Å². The lowest BCUT2D eigenvalue weighted by molar-refractivity contribution is 0.142. The number of rotatable bonds is 5. The largest absolute Gasteiger partial charge is 0.349 e. The summed E-state index contributed by atoms with van der Waals surface area (Å²) >= 11 is 0. The van der Waals surface area contributed by atoms with E-state index in [9.17, 15) is 0 Å². The monoisotopic (exact) mass is 306 g/mol. The molecule has 0 radical (unpaired) electrons. The van der Waals surface area contributed by atoms with Crippen LogP contribution in [-0.2, 0) is 13.1 Å². The van der Waals surface area contributed by atoms with E-state index in [1.165, 1.54) is 25.7 Å². The Bertz CT molecular complexity index is 491. The molecule has 22 heavy (non-hydrogen) atoms. The van der Waals surface area contributed by atoms with Gasteiger partial charge in [0, 0.05) is 26.7 Å². The molecule has 2 rings (SSSR count). The molecule has 0 aromatic carbocycles. The average molecular weight is 306 g/mol. The maximum atomic E-state index is 4.47. The van der Waals surface area contributed by atoms with Gasteiger partial charge >= 0.3 is 0 Å². The van der Waals surface area contributed by atoms with E-state index >= 15 is 0 Å². The van der Waals surface area contributed by atoms with Crippen LogP contribution in [0.5, 0.6) is 0 Å². The minimum Gasteiger partial charge on any atom is -0.349 e. The van der Waals surface area contributed by atoms with E-state index in [2.05, 4.69) is 50.7 Å². The third-order valence-electron chi connectivity index (χ3n) is 4.59. The van der Waals surface area contributed by atoms with Crippen LogP contribution in [0.3, 0.4) is 0 Å². The highest BCUT2D eigenvalue weighted by Gasteiger charge is 2.31. The number of hydrogen-bond acceptors (Lipinski definition) is 3. The summed E-state index contributed by atoms with van der Waals surface area (Å²) in [5, 5.41) is 11.6. The number of nitrogens with zero attached hydrogens (tertiary/aromatic N) is 5. The SMILES string of the molecule is CCCC1(C)CCCN(C(=NC)NCc2nncn2CC)C1. The van der Waals surface area contributed by atoms with Gasteiger partial charge in [0.25, 0.3) is 0 Å². The molecule has 124 valence electrons. The van der Waals surface area contributed by atoms with E-state index < -0.39 is 0 Å². The minimum absolute atomic E-state index is 0.411. The molecule has 1 aliphatic heterocycles. The molecule has 1 fully saturated rings. The van der Waals surface area contributed by atoms with E-state index in [-0.39, 0.29) is 0 Å². The molecule has 0 saturated carbocycles. The van der Waals surface area contributed by atoms with Crippen LogP contribution >= 0.6 is 0 Å². The predicted molar refractivity (Wildman–Crippen MR) is 89.7 cm³/mol. The molecule has 1 atom stereocenters. The summed E-state index contributed by atoms with van der Waals surface area (Å²) in [7, 11) is 1.86. The van der Waals surface area contributed by atoms with Crippen molar-refractivity contribution in [1.29, 1.82) is 0 Å². The first kappa shape index (κ1) is 16.8. The summed E-state index contributed by atoms with van der Waals surface area (Å²) in [6, 6.07) is 0. The molecule has 6 heteroatoms. The fraction of sp³-hybridized carbons (Fsp3) is 0.812. The van der Waals surface area contributed by atoms with Crippen LogP contribution in [0.15, 0.2) is 11.3 Å². The second-order valence-electron chi connectivity index (χ2n) is 6.52. The molecule has 1 aromatic heterocycles. The first-order valence-electron chi connectivity index (χ1n) is 8.44. The number of nitrogens with one attached hydrogen (secondary N) is 1. The number of hydrogen-bond donors (Lipinski definition) is 1. The van der Waals surface area contributed by atoms with Crippen molar-refractivity contribution < 1.29 is 0 Å². The van der Waals surface area contributed by atoms with Crippen LogP contribution in [0.4, 0.5) is 0 Å². The molecule has 6 nitrogen and oxygen atoms in total. The van der Waals surface area contributed by atoms with E-state index in [1.54, 1.807) is 6.33 Å². The van der Waals surface area contributed by atoms with Crippen LogP contribution in [0, 0.1) is 5.41 Å². The van der Waals surface area contributed by atoms with Crippen molar-refractivity contribution >= 4 is 5.96 Å². The number of guanidine groups is 1. The molecule has 0 amide bonds. The van der Waals surface area contributed by atoms with Gasteiger partial charge in [0.05, 0.1) is 6.54 Å². The Morgan fingerprint density at radius 2 is 2.27 bits per heavy atom. The standard InChI is InChI=1S/C16H30N6/c1-5-8-16(3)9-7-10-22(12-16)15(17-4)18-11-14-20-19-13-21(14)6-2/h13H,5-12H2,1-4H3,(H,17,18). The van der Waals surface area contributed by atoms with Gasteiger partial charge in [0.2, 0.25) is 0 Å². The van der Waals surface area contributed by atoms with Gasteiger partial charge in [-0.15, -0.1) is 10.2 Å². The topological polar surface area (TPSA) is 58.3 Å². The van der Waals surface area contributed by atoms with Crippen molar-refractivity contribution in [2.45, 2.75) is 59.5 Å². The third kappa shape index (κ3) is 3.99. The quantitative estimate of drug-likeness (QED) is 0.670. The normalized spacial score (nSPS) is 22.9. The second-order valence-corrected chi connectivity index (χ2v) is 6.52. The molecular formula is C16H30N6. The third-order valence-corrected chi connectivity index (χ3v) is 4.59. The van der Waals surface area contributed by atoms with Crippen molar-refractivity contribution in [2.75, 3.05) is 20.1 Å². The predicted octanol–water partition coefficient (Wildman–Crippen LogP) is 2.28. The fourth-order valence-electron chi connectivity index (χ4n) is 3.47. The molecular weight excluding hydrogens is 276 g/mol. The number of aryl methyl sites for hydroxylation is 1. The lowest BCUT2D eigenvalue weighted by atomic mass is 9.78. The molecule has 1 saturated heterocycles. The Morgan fingerprint density at radius 1 is 1.45 bits per heavy atom. The van der Waals surface area contributed by atoms with Crippen molar-refractivity contribution in [3.8, 4) is 0 Å². The Morgan fingerprint density at radius 3 is 2.95 bits per heavy atom. The molecule has 0 spiro atoms. The first-order chi connectivity index (χ1) is 10.6. The molecule has 2 heterocycles. The van der Waals surface area contributed by atoms with Crippen molar-refractivity contribution in [1.82, 2.24) is 25.0 Å². The van der Waals surface area contributed by atoms with Gasteiger partial charge in [-0.05, 0) is 31.6 Å². The summed E-state index contributed by atoms with van der Waals surface area (Å²) < 4.78 is 2.05. The van der Waals surface area contributed by atoms with Crippen LogP contribution in [0.2, 0.25) is 0 Å². The number of aliphatic imine (C=N–C) groups is 1. The number of aromatic nitrogens is 3. The molecule has 1 aromatic rings. The summed E-state index contributed by atoms with van der Waals surface area (Å²) in [5.41, 5.74) is 0.411. The van der Waals surface area contributed by atoms with Gasteiger partial charge in [-0.1, -0.05) is 20.3 Å². The second kappa shape index (κ2) is 7.61. The Kier molecular flexibility index (Phi) is 5.80. The highest BCUT2D eigenvalue weighted by atomic mass is 15.3. The summed E-state index contributed by atoms with van der Waals surface area (Å²) in [6.45, 7) is 10.5. The average Bonchev–Trinajstić information content (AvgIpc) is 2.95. The number of likely N-dealkylation sites (tertiary alicyclic amines) is 1. The van der Waals surface area contributed by atoms with Crippen molar-refractivity contribution in [2.24, 2.45) is 10.4 Å². The summed E-state index contributed by atoms with van der Waals surface area (Å²) in [4.78, 5) is 6.86. The smallest absolute Gasteiger partial charge is 0.194 e. The highest BCUT2D eigenvalue weighted by Crippen LogP contribution is 2.33. The Hall–Kier alpha value is -1.59. The van der Waals surface area contributed by atoms with Gasteiger partial charge in [-0.2, -0.15) is 0 Å². The molecule has 1 N–H and O–H groups in total. The molecule has 1 aliphatic rings. The van der Waals surface area contributed by atoms with Gasteiger partial charge < -0.3 is 14.8 Å². The zero-order chi connectivity index (χ0) is 16.0. The van der Waals surface area contributed by atoms with E-state index in [4.69, 9.17) is 0 Å². The first-order valence-corrected chi connectivity index (χ1v) is 8.44. The lowest BCUT2D eigenvalue weighted by Crippen LogP contribution is -2.49. The van der Waals surface area contributed by atoms with Gasteiger partial charge in [0.15, 0.2) is 11.8 Å². The Labute approximate surface area is 134 Å². The van der Waals surface area contributed by atoms with Crippen molar-refractivity contribution in [3.63, 3.8) is 0 Å². The van der Waals surface area contributed by atoms with E-state index in [0.717, 1.165) is 31.4 Å². The van der Waals surface area contributed by atoms with Crippen LogP contribution in [-0.4, -0.2) is 45.8 Å². The zero-order valence-corrected chi connectivity index (χ0v) is 14.5. The van der Waals surface area contributed by atoms with Crippen molar-refractivity contribution in [3.05, 3.63) is 12.2 Å². The van der Waals surface area contributed by atoms with Gasteiger partial charge in [0.1, 0.15) is 6.33 Å². The Balaban J connectivity index is 1.97. The lowest BCUT2D eigenvalue weighted by Gasteiger charge is -2.42. The van der Waals surface area contributed by atoms with Gasteiger partial charge in [-0.3, -0.25) is 4.99 Å². The molecule has 0 bridgehead atoms. The summed E-state index contributed by atoms with van der Waals surface area (Å²) in [5.74, 6) is 1.93. The fourth-order valence-corrected chi connectivity index (χ4v) is 3.47. The van der Waals surface area contributed by atoms with E-state index in [0.29, 0.717) is 12.0 Å². The minimum atomic E-state index is 0.411. The molecule has 1 unspecified atom stereocenters. The van der Waals surface area contributed by atoms with E-state index in [1.807, 2.05) is 7.05 Å². The van der Waals surface area contributed by atoms with Crippen LogP contribution in [0.1, 0.15) is 52.3 Å². The highest BCUT2D eigenvalue weighted by molar-refractivity contribution is 5.79. The summed E-state index contributed by atoms with van der Waals surface area (Å²) in [6.07, 6.45) is 6.86. The zero-order valence-electron chi connectivity index (χ0n) is 14.5. The maximum Gasteiger partial charge on any atom is 0.194 e.